The molecule has 3 N–H and O–H groups in total. The number of ether oxygens (including phenoxy) is 1. The largest absolute Gasteiger partial charge is 0.493 e. The van der Waals surface area contributed by atoms with Gasteiger partial charge >= 0.3 is 0 Å². The topological polar surface area (TPSA) is 78.8 Å². The van der Waals surface area contributed by atoms with E-state index in [1.54, 1.807) is 24.3 Å². The number of nitrogens with one attached hydrogen (secondary N) is 1. The number of benzene rings is 1. The van der Waals surface area contributed by atoms with Crippen LogP contribution in [-0.4, -0.2) is 42.0 Å². The summed E-state index contributed by atoms with van der Waals surface area (Å²) in [7, 11) is 0. The maximum Gasteiger partial charge on any atom is 0.251 e. The molecule has 1 atom stereocenters. The van der Waals surface area contributed by atoms with Crippen LogP contribution in [0.2, 0.25) is 0 Å². The van der Waals surface area contributed by atoms with E-state index in [-0.39, 0.29) is 19.1 Å². The molecule has 0 bridgehead atoms. The van der Waals surface area contributed by atoms with Crippen LogP contribution < -0.4 is 10.1 Å². The highest BCUT2D eigenvalue weighted by Gasteiger charge is 2.08. The van der Waals surface area contributed by atoms with Crippen molar-refractivity contribution in [2.75, 3.05) is 19.8 Å². The fourth-order valence-corrected chi connectivity index (χ4v) is 1.34. The molecular formula is C14H21NO4. The summed E-state index contributed by atoms with van der Waals surface area (Å²) in [6.07, 6.45) is -0.933. The number of carbonyl (C=O) groups is 1. The molecule has 1 unspecified atom stereocenters. The molecule has 5 nitrogen and oxygen atoms in total. The van der Waals surface area contributed by atoms with Crippen LogP contribution in [0.3, 0.4) is 0 Å². The Balaban J connectivity index is 2.48. The highest BCUT2D eigenvalue weighted by atomic mass is 16.5. The highest BCUT2D eigenvalue weighted by Crippen LogP contribution is 2.13. The molecule has 0 saturated carbocycles. The molecule has 0 aliphatic carbocycles. The van der Waals surface area contributed by atoms with Crippen LogP contribution in [0.25, 0.3) is 0 Å². The Morgan fingerprint density at radius 2 is 1.95 bits per heavy atom. The molecule has 0 aliphatic heterocycles. The molecule has 0 saturated heterocycles. The Morgan fingerprint density at radius 3 is 2.47 bits per heavy atom. The molecule has 0 radical (unpaired) electrons. The van der Waals surface area contributed by atoms with Gasteiger partial charge in [-0.1, -0.05) is 13.8 Å². The molecule has 5 heteroatoms. The predicted molar refractivity (Wildman–Crippen MR) is 72.2 cm³/mol. The van der Waals surface area contributed by atoms with Crippen molar-refractivity contribution >= 4 is 5.91 Å². The lowest BCUT2D eigenvalue weighted by Gasteiger charge is -2.10. The van der Waals surface area contributed by atoms with Crippen molar-refractivity contribution in [2.45, 2.75) is 20.0 Å². The van der Waals surface area contributed by atoms with Crippen molar-refractivity contribution in [2.24, 2.45) is 5.92 Å². The lowest BCUT2D eigenvalue weighted by atomic mass is 10.2. The van der Waals surface area contributed by atoms with Crippen LogP contribution in [0, 0.1) is 5.92 Å². The number of rotatable bonds is 7. The zero-order valence-electron chi connectivity index (χ0n) is 11.3. The van der Waals surface area contributed by atoms with Gasteiger partial charge in [-0.25, -0.2) is 0 Å². The number of carbonyl (C=O) groups excluding carboxylic acids is 1. The van der Waals surface area contributed by atoms with Gasteiger partial charge in [0.1, 0.15) is 5.75 Å². The lowest BCUT2D eigenvalue weighted by molar-refractivity contribution is 0.0802. The van der Waals surface area contributed by atoms with Crippen molar-refractivity contribution in [3.63, 3.8) is 0 Å². The number of hydrogen-bond acceptors (Lipinski definition) is 4. The molecule has 0 heterocycles. The summed E-state index contributed by atoms with van der Waals surface area (Å²) in [5, 5.41) is 20.3. The van der Waals surface area contributed by atoms with Crippen LogP contribution >= 0.6 is 0 Å². The Kier molecular flexibility index (Phi) is 6.32. The van der Waals surface area contributed by atoms with E-state index in [2.05, 4.69) is 19.2 Å². The van der Waals surface area contributed by atoms with E-state index in [9.17, 15) is 4.79 Å². The third-order valence-electron chi connectivity index (χ3n) is 2.41. The molecule has 106 valence electrons. The second-order valence-electron chi connectivity index (χ2n) is 4.78. The van der Waals surface area contributed by atoms with E-state index in [0.717, 1.165) is 5.75 Å². The van der Waals surface area contributed by atoms with Gasteiger partial charge in [-0.2, -0.15) is 0 Å². The monoisotopic (exact) mass is 267 g/mol. The first-order chi connectivity index (χ1) is 9.02. The first-order valence-corrected chi connectivity index (χ1v) is 6.33. The molecule has 0 aliphatic rings. The Labute approximate surface area is 113 Å². The van der Waals surface area contributed by atoms with Crippen molar-refractivity contribution in [1.82, 2.24) is 5.32 Å². The highest BCUT2D eigenvalue weighted by molar-refractivity contribution is 5.94. The second-order valence-corrected chi connectivity index (χ2v) is 4.78. The second kappa shape index (κ2) is 7.76. The van der Waals surface area contributed by atoms with Gasteiger partial charge in [0, 0.05) is 12.1 Å². The molecule has 0 aromatic heterocycles. The minimum absolute atomic E-state index is 0.0287. The minimum atomic E-state index is -0.933. The summed E-state index contributed by atoms with van der Waals surface area (Å²) in [5.41, 5.74) is 0.488. The maximum atomic E-state index is 11.7. The predicted octanol–water partition coefficient (Wildman–Crippen LogP) is 0.804. The molecule has 1 amide bonds. The van der Waals surface area contributed by atoms with E-state index < -0.39 is 6.10 Å². The molecule has 0 spiro atoms. The minimum Gasteiger partial charge on any atom is -0.493 e. The Hall–Kier alpha value is -1.59. The van der Waals surface area contributed by atoms with E-state index in [1.807, 2.05) is 0 Å². The Morgan fingerprint density at radius 1 is 1.32 bits per heavy atom. The van der Waals surface area contributed by atoms with Gasteiger partial charge in [-0.05, 0) is 30.2 Å². The summed E-state index contributed by atoms with van der Waals surface area (Å²) < 4.78 is 5.51. The summed E-state index contributed by atoms with van der Waals surface area (Å²) in [6, 6.07) is 6.80. The number of hydrogen-bond donors (Lipinski definition) is 3. The van der Waals surface area contributed by atoms with Gasteiger partial charge in [-0.15, -0.1) is 0 Å². The summed E-state index contributed by atoms with van der Waals surface area (Å²) in [5.74, 6) is 0.881. The van der Waals surface area contributed by atoms with E-state index in [1.165, 1.54) is 0 Å². The van der Waals surface area contributed by atoms with Crippen LogP contribution in [0.1, 0.15) is 24.2 Å². The Bertz CT molecular complexity index is 389. The first kappa shape index (κ1) is 15.5. The zero-order valence-corrected chi connectivity index (χ0v) is 11.3. The first-order valence-electron chi connectivity index (χ1n) is 6.33. The fraction of sp³-hybridized carbons (Fsp3) is 0.500. The van der Waals surface area contributed by atoms with Crippen molar-refractivity contribution in [3.05, 3.63) is 29.8 Å². The normalized spacial score (nSPS) is 12.3. The van der Waals surface area contributed by atoms with Gasteiger partial charge in [0.05, 0.1) is 19.3 Å². The zero-order chi connectivity index (χ0) is 14.3. The molecule has 1 rings (SSSR count). The summed E-state index contributed by atoms with van der Waals surface area (Å²) >= 11 is 0. The number of aliphatic hydroxyl groups is 2. The molecule has 1 aromatic rings. The average molecular weight is 267 g/mol. The van der Waals surface area contributed by atoms with E-state index in [0.29, 0.717) is 18.1 Å². The molecular weight excluding hydrogens is 246 g/mol. The van der Waals surface area contributed by atoms with Crippen molar-refractivity contribution in [3.8, 4) is 5.75 Å². The summed E-state index contributed by atoms with van der Waals surface area (Å²) in [6.45, 7) is 4.42. The van der Waals surface area contributed by atoms with Gasteiger partial charge in [0.25, 0.3) is 5.91 Å². The van der Waals surface area contributed by atoms with Crippen molar-refractivity contribution in [1.29, 1.82) is 0 Å². The van der Waals surface area contributed by atoms with E-state index >= 15 is 0 Å². The lowest BCUT2D eigenvalue weighted by Crippen LogP contribution is -2.33. The van der Waals surface area contributed by atoms with Crippen molar-refractivity contribution < 1.29 is 19.7 Å². The molecule has 19 heavy (non-hydrogen) atoms. The number of amides is 1. The smallest absolute Gasteiger partial charge is 0.251 e. The van der Waals surface area contributed by atoms with Crippen LogP contribution in [0.5, 0.6) is 5.75 Å². The SMILES string of the molecule is CC(C)COc1ccc(C(=O)NCC(O)CO)cc1. The van der Waals surface area contributed by atoms with Gasteiger partial charge in [0.2, 0.25) is 0 Å². The quantitative estimate of drug-likeness (QED) is 0.683. The van der Waals surface area contributed by atoms with Gasteiger partial charge < -0.3 is 20.3 Å². The summed E-state index contributed by atoms with van der Waals surface area (Å²) in [4.78, 5) is 11.7. The average Bonchev–Trinajstić information content (AvgIpc) is 2.42. The van der Waals surface area contributed by atoms with Gasteiger partial charge in [0.15, 0.2) is 0 Å². The van der Waals surface area contributed by atoms with Crippen LogP contribution in [0.4, 0.5) is 0 Å². The van der Waals surface area contributed by atoms with Crippen LogP contribution in [-0.2, 0) is 0 Å². The maximum absolute atomic E-state index is 11.7. The van der Waals surface area contributed by atoms with Crippen LogP contribution in [0.15, 0.2) is 24.3 Å². The van der Waals surface area contributed by atoms with Gasteiger partial charge in [-0.3, -0.25) is 4.79 Å². The molecule has 1 aromatic carbocycles. The fourth-order valence-electron chi connectivity index (χ4n) is 1.34. The van der Waals surface area contributed by atoms with E-state index in [4.69, 9.17) is 14.9 Å². The number of aliphatic hydroxyl groups excluding tert-OH is 2. The third kappa shape index (κ3) is 5.72. The molecule has 0 fully saturated rings. The standard InChI is InChI=1S/C14H21NO4/c1-10(2)9-19-13-5-3-11(4-6-13)14(18)15-7-12(17)8-16/h3-6,10,12,16-17H,7-9H2,1-2H3,(H,15,18). The third-order valence-corrected chi connectivity index (χ3v) is 2.41.